The number of thiazole rings is 1. The molecule has 1 saturated heterocycles. The van der Waals surface area contributed by atoms with Crippen molar-refractivity contribution in [1.29, 1.82) is 0 Å². The van der Waals surface area contributed by atoms with Crippen LogP contribution in [-0.2, 0) is 22.7 Å². The molecule has 2 amide bonds. The van der Waals surface area contributed by atoms with E-state index < -0.39 is 0 Å². The molecule has 4 rings (SSSR count). The van der Waals surface area contributed by atoms with E-state index in [4.69, 9.17) is 0 Å². The summed E-state index contributed by atoms with van der Waals surface area (Å²) in [4.78, 5) is 36.0. The zero-order chi connectivity index (χ0) is 18.1. The van der Waals surface area contributed by atoms with Gasteiger partial charge in [-0.1, -0.05) is 6.07 Å². The summed E-state index contributed by atoms with van der Waals surface area (Å²) in [6, 6.07) is 5.62. The first-order valence-corrected chi connectivity index (χ1v) is 9.35. The van der Waals surface area contributed by atoms with Gasteiger partial charge in [0.2, 0.25) is 11.8 Å². The van der Waals surface area contributed by atoms with Crippen molar-refractivity contribution in [3.8, 4) is 0 Å². The molecule has 0 saturated carbocycles. The average molecular weight is 369 g/mol. The molecule has 1 fully saturated rings. The van der Waals surface area contributed by atoms with Crippen molar-refractivity contribution in [3.05, 3.63) is 53.1 Å². The summed E-state index contributed by atoms with van der Waals surface area (Å²) in [5.41, 5.74) is 2.78. The molecule has 4 heterocycles. The number of nitrogens with one attached hydrogen (secondary N) is 1. The molecular weight excluding hydrogens is 350 g/mol. The highest BCUT2D eigenvalue weighted by Gasteiger charge is 2.34. The highest BCUT2D eigenvalue weighted by Crippen LogP contribution is 2.20. The number of nitrogens with zero attached hydrogens (tertiary/aromatic N) is 4. The number of rotatable bonds is 5. The van der Waals surface area contributed by atoms with Crippen LogP contribution in [-0.4, -0.2) is 37.6 Å². The van der Waals surface area contributed by atoms with E-state index in [-0.39, 0.29) is 24.2 Å². The van der Waals surface area contributed by atoms with Gasteiger partial charge in [-0.15, -0.1) is 11.3 Å². The predicted octanol–water partition coefficient (Wildman–Crippen LogP) is 1.76. The quantitative estimate of drug-likeness (QED) is 0.743. The van der Waals surface area contributed by atoms with Gasteiger partial charge in [0.05, 0.1) is 30.4 Å². The zero-order valence-corrected chi connectivity index (χ0v) is 15.2. The Bertz CT molecular complexity index is 949. The Morgan fingerprint density at radius 1 is 1.38 bits per heavy atom. The Labute approximate surface area is 154 Å². The van der Waals surface area contributed by atoms with Crippen molar-refractivity contribution >= 4 is 28.1 Å². The number of hydrogen-bond donors (Lipinski definition) is 1. The maximum atomic E-state index is 12.4. The fourth-order valence-corrected chi connectivity index (χ4v) is 4.01. The summed E-state index contributed by atoms with van der Waals surface area (Å²) >= 11 is 1.58. The molecule has 134 valence electrons. The van der Waals surface area contributed by atoms with Crippen molar-refractivity contribution in [2.75, 3.05) is 6.54 Å². The Kier molecular flexibility index (Phi) is 4.42. The van der Waals surface area contributed by atoms with E-state index in [1.165, 1.54) is 0 Å². The standard InChI is InChI=1S/C18H19N5O2S/c1-12-11-26-18-21-15(10-23(12)18)7-20-17(25)13-6-16(24)22(8-13)9-14-4-2-3-5-19-14/h2-5,10-11,13H,6-9H2,1H3,(H,20,25). The monoisotopic (exact) mass is 369 g/mol. The van der Waals surface area contributed by atoms with E-state index in [1.54, 1.807) is 22.4 Å². The fraction of sp³-hybridized carbons (Fsp3) is 0.333. The minimum absolute atomic E-state index is 0.00562. The number of hydrogen-bond acceptors (Lipinski definition) is 5. The van der Waals surface area contributed by atoms with Crippen molar-refractivity contribution in [1.82, 2.24) is 24.6 Å². The third kappa shape index (κ3) is 3.32. The van der Waals surface area contributed by atoms with Gasteiger partial charge in [-0.3, -0.25) is 19.0 Å². The summed E-state index contributed by atoms with van der Waals surface area (Å²) in [5.74, 6) is -0.430. The van der Waals surface area contributed by atoms with E-state index in [9.17, 15) is 9.59 Å². The normalized spacial score (nSPS) is 17.2. The predicted molar refractivity (Wildman–Crippen MR) is 97.4 cm³/mol. The lowest BCUT2D eigenvalue weighted by atomic mass is 10.1. The molecule has 3 aromatic rings. The van der Waals surface area contributed by atoms with Crippen LogP contribution in [0.3, 0.4) is 0 Å². The molecule has 0 spiro atoms. The van der Waals surface area contributed by atoms with Crippen LogP contribution in [0.5, 0.6) is 0 Å². The fourth-order valence-electron chi connectivity index (χ4n) is 3.14. The largest absolute Gasteiger partial charge is 0.350 e. The van der Waals surface area contributed by atoms with Crippen molar-refractivity contribution in [3.63, 3.8) is 0 Å². The third-order valence-corrected chi connectivity index (χ3v) is 5.50. The Balaban J connectivity index is 1.34. The van der Waals surface area contributed by atoms with Crippen LogP contribution in [0.1, 0.15) is 23.5 Å². The maximum Gasteiger partial charge on any atom is 0.225 e. The van der Waals surface area contributed by atoms with Gasteiger partial charge in [0, 0.05) is 36.4 Å². The van der Waals surface area contributed by atoms with Gasteiger partial charge in [-0.25, -0.2) is 4.98 Å². The molecule has 1 N–H and O–H groups in total. The molecular formula is C18H19N5O2S. The number of fused-ring (bicyclic) bond motifs is 1. The molecule has 0 aromatic carbocycles. The van der Waals surface area contributed by atoms with Gasteiger partial charge in [0.15, 0.2) is 4.96 Å². The number of likely N-dealkylation sites (tertiary alicyclic amines) is 1. The minimum Gasteiger partial charge on any atom is -0.350 e. The van der Waals surface area contributed by atoms with E-state index in [0.29, 0.717) is 19.6 Å². The number of carbonyl (C=O) groups excluding carboxylic acids is 2. The Morgan fingerprint density at radius 2 is 2.27 bits per heavy atom. The number of amides is 2. The zero-order valence-electron chi connectivity index (χ0n) is 14.4. The third-order valence-electron chi connectivity index (χ3n) is 4.55. The van der Waals surface area contributed by atoms with Crippen LogP contribution >= 0.6 is 11.3 Å². The van der Waals surface area contributed by atoms with Gasteiger partial charge < -0.3 is 10.2 Å². The molecule has 0 bridgehead atoms. The summed E-state index contributed by atoms with van der Waals surface area (Å²) < 4.78 is 2.01. The molecule has 1 aliphatic heterocycles. The van der Waals surface area contributed by atoms with Crippen LogP contribution in [0.15, 0.2) is 36.0 Å². The van der Waals surface area contributed by atoms with Gasteiger partial charge in [0.25, 0.3) is 0 Å². The highest BCUT2D eigenvalue weighted by atomic mass is 32.1. The van der Waals surface area contributed by atoms with Gasteiger partial charge in [-0.05, 0) is 19.1 Å². The van der Waals surface area contributed by atoms with Gasteiger partial charge in [0.1, 0.15) is 0 Å². The maximum absolute atomic E-state index is 12.4. The molecule has 0 radical (unpaired) electrons. The van der Waals surface area contributed by atoms with Crippen LogP contribution in [0.25, 0.3) is 4.96 Å². The number of aryl methyl sites for hydroxylation is 1. The lowest BCUT2D eigenvalue weighted by Crippen LogP contribution is -2.32. The highest BCUT2D eigenvalue weighted by molar-refractivity contribution is 7.15. The van der Waals surface area contributed by atoms with Crippen LogP contribution < -0.4 is 5.32 Å². The second-order valence-electron chi connectivity index (χ2n) is 6.48. The second kappa shape index (κ2) is 6.87. The molecule has 0 aliphatic carbocycles. The van der Waals surface area contributed by atoms with Crippen LogP contribution in [0.4, 0.5) is 0 Å². The molecule has 7 nitrogen and oxygen atoms in total. The molecule has 1 aliphatic rings. The molecule has 8 heteroatoms. The number of pyridine rings is 1. The van der Waals surface area contributed by atoms with E-state index in [2.05, 4.69) is 15.3 Å². The van der Waals surface area contributed by atoms with E-state index >= 15 is 0 Å². The second-order valence-corrected chi connectivity index (χ2v) is 7.31. The smallest absolute Gasteiger partial charge is 0.225 e. The van der Waals surface area contributed by atoms with Crippen LogP contribution in [0.2, 0.25) is 0 Å². The molecule has 26 heavy (non-hydrogen) atoms. The van der Waals surface area contributed by atoms with Crippen molar-refractivity contribution < 1.29 is 9.59 Å². The van der Waals surface area contributed by atoms with E-state index in [1.807, 2.05) is 41.1 Å². The molecule has 3 aromatic heterocycles. The van der Waals surface area contributed by atoms with Crippen molar-refractivity contribution in [2.45, 2.75) is 26.4 Å². The lowest BCUT2D eigenvalue weighted by Gasteiger charge is -2.15. The summed E-state index contributed by atoms with van der Waals surface area (Å²) in [7, 11) is 0. The Hall–Kier alpha value is -2.74. The summed E-state index contributed by atoms with van der Waals surface area (Å²) in [6.07, 6.45) is 3.89. The lowest BCUT2D eigenvalue weighted by molar-refractivity contribution is -0.129. The Morgan fingerprint density at radius 3 is 3.04 bits per heavy atom. The SMILES string of the molecule is Cc1csc2nc(CNC(=O)C3CC(=O)N(Cc4ccccn4)C3)cn12. The molecule has 1 atom stereocenters. The number of imidazole rings is 1. The van der Waals surface area contributed by atoms with Crippen LogP contribution in [0, 0.1) is 12.8 Å². The average Bonchev–Trinajstić information content (AvgIpc) is 3.31. The summed E-state index contributed by atoms with van der Waals surface area (Å²) in [6.45, 7) is 3.27. The first kappa shape index (κ1) is 16.7. The van der Waals surface area contributed by atoms with E-state index in [0.717, 1.165) is 22.0 Å². The topological polar surface area (TPSA) is 79.6 Å². The number of aromatic nitrogens is 3. The van der Waals surface area contributed by atoms with Gasteiger partial charge >= 0.3 is 0 Å². The van der Waals surface area contributed by atoms with Gasteiger partial charge in [-0.2, -0.15) is 0 Å². The first-order chi connectivity index (χ1) is 12.6. The summed E-state index contributed by atoms with van der Waals surface area (Å²) in [5, 5.41) is 4.96. The van der Waals surface area contributed by atoms with Crippen molar-refractivity contribution in [2.24, 2.45) is 5.92 Å². The molecule has 1 unspecified atom stereocenters. The minimum atomic E-state index is -0.323. The first-order valence-electron chi connectivity index (χ1n) is 8.47. The number of carbonyl (C=O) groups is 2.